The monoisotopic (exact) mass is 280 g/mol. The molecule has 0 spiro atoms. The molecule has 1 heterocycles. The van der Waals surface area contributed by atoms with Gasteiger partial charge in [-0.15, -0.1) is 0 Å². The molecule has 0 bridgehead atoms. The number of rotatable bonds is 5. The Kier molecular flexibility index (Phi) is 4.68. The summed E-state index contributed by atoms with van der Waals surface area (Å²) in [7, 11) is 0. The zero-order valence-electron chi connectivity index (χ0n) is 13.2. The van der Waals surface area contributed by atoms with Gasteiger partial charge in [0.1, 0.15) is 0 Å². The average Bonchev–Trinajstić information content (AvgIpc) is 3.28. The fourth-order valence-corrected chi connectivity index (χ4v) is 4.01. The quantitative estimate of drug-likeness (QED) is 0.836. The minimum absolute atomic E-state index is 0.213. The molecular weight excluding hydrogens is 248 g/mol. The van der Waals surface area contributed by atoms with Crippen LogP contribution in [-0.4, -0.2) is 60.8 Å². The molecule has 0 aromatic rings. The third-order valence-electron chi connectivity index (χ3n) is 5.91. The molecule has 2 aliphatic carbocycles. The summed E-state index contributed by atoms with van der Waals surface area (Å²) in [6, 6.07) is 0. The SMILES string of the molecule is CC1CCC(CO)(CN2CCN(CC3CC3)CC2)CC1. The minimum Gasteiger partial charge on any atom is -0.396 e. The normalized spacial score (nSPS) is 37.2. The van der Waals surface area contributed by atoms with Gasteiger partial charge in [0.2, 0.25) is 0 Å². The lowest BCUT2D eigenvalue weighted by molar-refractivity contribution is 0.0126. The molecule has 0 radical (unpaired) electrons. The van der Waals surface area contributed by atoms with Crippen LogP contribution in [0.3, 0.4) is 0 Å². The Morgan fingerprint density at radius 3 is 2.10 bits per heavy atom. The Morgan fingerprint density at radius 2 is 1.55 bits per heavy atom. The van der Waals surface area contributed by atoms with Gasteiger partial charge in [-0.3, -0.25) is 0 Å². The first kappa shape index (κ1) is 14.8. The molecule has 0 amide bonds. The first-order valence-corrected chi connectivity index (χ1v) is 8.75. The van der Waals surface area contributed by atoms with Crippen LogP contribution in [0.15, 0.2) is 0 Å². The molecule has 1 N–H and O–H groups in total. The van der Waals surface area contributed by atoms with E-state index in [1.807, 2.05) is 0 Å². The van der Waals surface area contributed by atoms with E-state index in [4.69, 9.17) is 0 Å². The van der Waals surface area contributed by atoms with Gasteiger partial charge in [-0.1, -0.05) is 19.8 Å². The van der Waals surface area contributed by atoms with Crippen LogP contribution in [-0.2, 0) is 0 Å². The summed E-state index contributed by atoms with van der Waals surface area (Å²) in [6.45, 7) is 10.1. The molecule has 0 aromatic heterocycles. The van der Waals surface area contributed by atoms with Gasteiger partial charge in [0.25, 0.3) is 0 Å². The van der Waals surface area contributed by atoms with Crippen LogP contribution in [0.1, 0.15) is 45.4 Å². The summed E-state index contributed by atoms with van der Waals surface area (Å²) in [5.74, 6) is 1.88. The predicted molar refractivity (Wildman–Crippen MR) is 82.8 cm³/mol. The van der Waals surface area contributed by atoms with Crippen molar-refractivity contribution in [3.05, 3.63) is 0 Å². The van der Waals surface area contributed by atoms with Gasteiger partial charge >= 0.3 is 0 Å². The van der Waals surface area contributed by atoms with Gasteiger partial charge < -0.3 is 14.9 Å². The summed E-state index contributed by atoms with van der Waals surface area (Å²) in [6.07, 6.45) is 8.00. The van der Waals surface area contributed by atoms with Gasteiger partial charge in [0.15, 0.2) is 0 Å². The molecule has 0 atom stereocenters. The summed E-state index contributed by atoms with van der Waals surface area (Å²) in [5, 5.41) is 9.90. The molecule has 0 aromatic carbocycles. The van der Waals surface area contributed by atoms with Crippen molar-refractivity contribution >= 4 is 0 Å². The summed E-state index contributed by atoms with van der Waals surface area (Å²) in [5.41, 5.74) is 0.213. The van der Waals surface area contributed by atoms with Gasteiger partial charge in [-0.2, -0.15) is 0 Å². The first-order chi connectivity index (χ1) is 9.69. The molecule has 3 fully saturated rings. The van der Waals surface area contributed by atoms with Gasteiger partial charge in [-0.05, 0) is 37.5 Å². The third-order valence-corrected chi connectivity index (χ3v) is 5.91. The van der Waals surface area contributed by atoms with Crippen molar-refractivity contribution in [1.82, 2.24) is 9.80 Å². The molecule has 1 saturated heterocycles. The highest BCUT2D eigenvalue weighted by Gasteiger charge is 2.36. The summed E-state index contributed by atoms with van der Waals surface area (Å²) in [4.78, 5) is 5.28. The topological polar surface area (TPSA) is 26.7 Å². The lowest BCUT2D eigenvalue weighted by Crippen LogP contribution is -2.51. The molecule has 3 heteroatoms. The largest absolute Gasteiger partial charge is 0.396 e. The zero-order chi connectivity index (χ0) is 14.0. The van der Waals surface area contributed by atoms with Gasteiger partial charge in [0.05, 0.1) is 0 Å². The van der Waals surface area contributed by atoms with Crippen LogP contribution in [0.4, 0.5) is 0 Å². The van der Waals surface area contributed by atoms with Crippen LogP contribution >= 0.6 is 0 Å². The highest BCUT2D eigenvalue weighted by atomic mass is 16.3. The van der Waals surface area contributed by atoms with Crippen molar-refractivity contribution in [3.8, 4) is 0 Å². The van der Waals surface area contributed by atoms with E-state index in [9.17, 15) is 5.11 Å². The number of aliphatic hydroxyl groups is 1. The van der Waals surface area contributed by atoms with E-state index in [1.54, 1.807) is 0 Å². The second-order valence-electron chi connectivity index (χ2n) is 7.86. The van der Waals surface area contributed by atoms with Crippen molar-refractivity contribution in [2.75, 3.05) is 45.9 Å². The van der Waals surface area contributed by atoms with E-state index in [1.165, 1.54) is 71.2 Å². The zero-order valence-corrected chi connectivity index (χ0v) is 13.2. The summed E-state index contributed by atoms with van der Waals surface area (Å²) >= 11 is 0. The first-order valence-electron chi connectivity index (χ1n) is 8.75. The number of nitrogens with zero attached hydrogens (tertiary/aromatic N) is 2. The Bertz CT molecular complexity index is 300. The number of hydrogen-bond donors (Lipinski definition) is 1. The molecule has 1 aliphatic heterocycles. The standard InChI is InChI=1S/C17H32N2O/c1-15-4-6-17(14-20,7-5-15)13-19-10-8-18(9-11-19)12-16-2-3-16/h15-16,20H,2-14H2,1H3. The van der Waals surface area contributed by atoms with E-state index < -0.39 is 0 Å². The van der Waals surface area contributed by atoms with Crippen molar-refractivity contribution in [3.63, 3.8) is 0 Å². The van der Waals surface area contributed by atoms with Crippen LogP contribution in [0.25, 0.3) is 0 Å². The van der Waals surface area contributed by atoms with E-state index in [-0.39, 0.29) is 5.41 Å². The average molecular weight is 280 g/mol. The molecule has 20 heavy (non-hydrogen) atoms. The second-order valence-corrected chi connectivity index (χ2v) is 7.86. The Labute approximate surface area is 124 Å². The third kappa shape index (κ3) is 3.75. The lowest BCUT2D eigenvalue weighted by Gasteiger charge is -2.44. The van der Waals surface area contributed by atoms with Crippen LogP contribution in [0, 0.1) is 17.3 Å². The molecule has 3 aliphatic rings. The van der Waals surface area contributed by atoms with Crippen molar-refractivity contribution in [1.29, 1.82) is 0 Å². The maximum Gasteiger partial charge on any atom is 0.0499 e. The number of piperazine rings is 1. The summed E-state index contributed by atoms with van der Waals surface area (Å²) < 4.78 is 0. The van der Waals surface area contributed by atoms with Gasteiger partial charge in [-0.25, -0.2) is 0 Å². The Hall–Kier alpha value is -0.120. The lowest BCUT2D eigenvalue weighted by atomic mass is 9.71. The molecule has 116 valence electrons. The molecule has 2 saturated carbocycles. The van der Waals surface area contributed by atoms with Crippen LogP contribution in [0.5, 0.6) is 0 Å². The van der Waals surface area contributed by atoms with E-state index in [0.717, 1.165) is 18.4 Å². The van der Waals surface area contributed by atoms with Crippen molar-refractivity contribution < 1.29 is 5.11 Å². The van der Waals surface area contributed by atoms with Gasteiger partial charge in [0, 0.05) is 51.3 Å². The maximum absolute atomic E-state index is 9.90. The molecule has 0 unspecified atom stereocenters. The van der Waals surface area contributed by atoms with Crippen LogP contribution < -0.4 is 0 Å². The highest BCUT2D eigenvalue weighted by Crippen LogP contribution is 2.39. The Morgan fingerprint density at radius 1 is 0.950 bits per heavy atom. The highest BCUT2D eigenvalue weighted by molar-refractivity contribution is 4.89. The Balaban J connectivity index is 1.45. The predicted octanol–water partition coefficient (Wildman–Crippen LogP) is 2.20. The van der Waals surface area contributed by atoms with E-state index in [2.05, 4.69) is 16.7 Å². The van der Waals surface area contributed by atoms with E-state index >= 15 is 0 Å². The number of aliphatic hydroxyl groups excluding tert-OH is 1. The van der Waals surface area contributed by atoms with Crippen LogP contribution in [0.2, 0.25) is 0 Å². The molecule has 3 rings (SSSR count). The minimum atomic E-state index is 0.213. The van der Waals surface area contributed by atoms with E-state index in [0.29, 0.717) is 6.61 Å². The smallest absolute Gasteiger partial charge is 0.0499 e. The van der Waals surface area contributed by atoms with Crippen molar-refractivity contribution in [2.24, 2.45) is 17.3 Å². The molecule has 3 nitrogen and oxygen atoms in total. The van der Waals surface area contributed by atoms with Crippen molar-refractivity contribution in [2.45, 2.75) is 45.4 Å². The molecular formula is C17H32N2O. The number of hydrogen-bond acceptors (Lipinski definition) is 3. The fraction of sp³-hybridized carbons (Fsp3) is 1.00. The fourth-order valence-electron chi connectivity index (χ4n) is 4.01. The maximum atomic E-state index is 9.90. The second kappa shape index (κ2) is 6.33.